The topological polar surface area (TPSA) is 72.7 Å². The Kier molecular flexibility index (Phi) is 4.95. The molecule has 0 aliphatic heterocycles. The molecule has 6 nitrogen and oxygen atoms in total. The van der Waals surface area contributed by atoms with Gasteiger partial charge in [-0.25, -0.2) is 0 Å². The molecule has 0 N–H and O–H groups in total. The summed E-state index contributed by atoms with van der Waals surface area (Å²) in [5, 5.41) is 11.0. The molecule has 2 rings (SSSR count). The van der Waals surface area contributed by atoms with E-state index in [1.54, 1.807) is 7.05 Å². The van der Waals surface area contributed by atoms with E-state index in [0.29, 0.717) is 6.54 Å². The molecule has 0 aliphatic carbocycles. The van der Waals surface area contributed by atoms with E-state index in [2.05, 4.69) is 0 Å². The molecule has 0 unspecified atom stereocenters. The van der Waals surface area contributed by atoms with Gasteiger partial charge in [-0.1, -0.05) is 29.8 Å². The van der Waals surface area contributed by atoms with Crippen LogP contribution in [-0.4, -0.2) is 29.9 Å². The van der Waals surface area contributed by atoms with Crippen molar-refractivity contribution < 1.29 is 14.5 Å². The van der Waals surface area contributed by atoms with Crippen molar-refractivity contribution in [3.8, 4) is 5.75 Å². The molecule has 1 amide bonds. The van der Waals surface area contributed by atoms with Gasteiger partial charge in [0, 0.05) is 25.2 Å². The molecular formula is C17H18N2O4. The van der Waals surface area contributed by atoms with Crippen molar-refractivity contribution in [2.45, 2.75) is 13.5 Å². The van der Waals surface area contributed by atoms with Gasteiger partial charge in [0.25, 0.3) is 5.91 Å². The van der Waals surface area contributed by atoms with Crippen LogP contribution in [-0.2, 0) is 6.54 Å². The summed E-state index contributed by atoms with van der Waals surface area (Å²) >= 11 is 0. The minimum atomic E-state index is -0.560. The molecule has 0 saturated heterocycles. The van der Waals surface area contributed by atoms with Crippen LogP contribution in [0.15, 0.2) is 42.5 Å². The van der Waals surface area contributed by atoms with Crippen LogP contribution in [0.2, 0.25) is 0 Å². The van der Waals surface area contributed by atoms with Crippen molar-refractivity contribution in [3.05, 3.63) is 69.3 Å². The van der Waals surface area contributed by atoms with Crippen LogP contribution in [0, 0.1) is 17.0 Å². The monoisotopic (exact) mass is 314 g/mol. The Bertz CT molecular complexity index is 726. The van der Waals surface area contributed by atoms with E-state index < -0.39 is 4.92 Å². The number of carbonyl (C=O) groups is 1. The minimum absolute atomic E-state index is 0.132. The van der Waals surface area contributed by atoms with Gasteiger partial charge in [-0.05, 0) is 24.6 Å². The summed E-state index contributed by atoms with van der Waals surface area (Å²) in [4.78, 5) is 24.5. The molecule has 0 spiro atoms. The molecule has 120 valence electrons. The summed E-state index contributed by atoms with van der Waals surface area (Å²) in [6.07, 6.45) is 0. The summed E-state index contributed by atoms with van der Waals surface area (Å²) in [5.74, 6) is -0.149. The van der Waals surface area contributed by atoms with Crippen molar-refractivity contribution in [1.82, 2.24) is 4.90 Å². The molecule has 0 fully saturated rings. The summed E-state index contributed by atoms with van der Waals surface area (Å²) < 4.78 is 4.94. The van der Waals surface area contributed by atoms with Crippen LogP contribution in [0.3, 0.4) is 0 Å². The highest BCUT2D eigenvalue weighted by molar-refractivity contribution is 5.95. The zero-order chi connectivity index (χ0) is 17.0. The fourth-order valence-corrected chi connectivity index (χ4v) is 2.23. The highest BCUT2D eigenvalue weighted by atomic mass is 16.6. The third-order valence-electron chi connectivity index (χ3n) is 3.51. The quantitative estimate of drug-likeness (QED) is 0.627. The van der Waals surface area contributed by atoms with Crippen molar-refractivity contribution in [2.24, 2.45) is 0 Å². The fourth-order valence-electron chi connectivity index (χ4n) is 2.23. The number of nitro groups is 1. The van der Waals surface area contributed by atoms with Crippen LogP contribution < -0.4 is 4.74 Å². The van der Waals surface area contributed by atoms with E-state index in [4.69, 9.17) is 4.74 Å². The maximum atomic E-state index is 12.5. The predicted molar refractivity (Wildman–Crippen MR) is 86.6 cm³/mol. The number of methoxy groups -OCH3 is 1. The first-order valence-electron chi connectivity index (χ1n) is 7.06. The van der Waals surface area contributed by atoms with Crippen LogP contribution in [0.25, 0.3) is 0 Å². The Labute approximate surface area is 134 Å². The Morgan fingerprint density at radius 2 is 1.87 bits per heavy atom. The molecule has 0 aromatic heterocycles. The van der Waals surface area contributed by atoms with E-state index in [-0.39, 0.29) is 22.9 Å². The molecule has 2 aromatic carbocycles. The Morgan fingerprint density at radius 1 is 1.22 bits per heavy atom. The molecule has 0 bridgehead atoms. The van der Waals surface area contributed by atoms with E-state index in [9.17, 15) is 14.9 Å². The molecular weight excluding hydrogens is 296 g/mol. The van der Waals surface area contributed by atoms with Crippen molar-refractivity contribution in [2.75, 3.05) is 14.2 Å². The molecule has 0 radical (unpaired) electrons. The second-order valence-electron chi connectivity index (χ2n) is 5.29. The Morgan fingerprint density at radius 3 is 2.43 bits per heavy atom. The lowest BCUT2D eigenvalue weighted by Gasteiger charge is -2.17. The first-order chi connectivity index (χ1) is 10.9. The average Bonchev–Trinajstić information content (AvgIpc) is 2.55. The molecule has 0 saturated carbocycles. The summed E-state index contributed by atoms with van der Waals surface area (Å²) in [6, 6.07) is 12.1. The summed E-state index contributed by atoms with van der Waals surface area (Å²) in [5.41, 5.74) is 2.18. The number of hydrogen-bond donors (Lipinski definition) is 0. The summed E-state index contributed by atoms with van der Waals surface area (Å²) in [6.45, 7) is 2.42. The van der Waals surface area contributed by atoms with E-state index in [0.717, 1.165) is 11.1 Å². The Hall–Kier alpha value is -2.89. The van der Waals surface area contributed by atoms with Gasteiger partial charge in [0.2, 0.25) is 0 Å². The average molecular weight is 314 g/mol. The predicted octanol–water partition coefficient (Wildman–Crippen LogP) is 3.18. The smallest absolute Gasteiger partial charge is 0.311 e. The SMILES string of the molecule is COc1ccc(C(=O)N(C)Cc2ccc(C)cc2)cc1[N+](=O)[O-]. The van der Waals surface area contributed by atoms with Gasteiger partial charge >= 0.3 is 5.69 Å². The highest BCUT2D eigenvalue weighted by Crippen LogP contribution is 2.28. The largest absolute Gasteiger partial charge is 0.490 e. The van der Waals surface area contributed by atoms with Gasteiger partial charge in [-0.2, -0.15) is 0 Å². The summed E-state index contributed by atoms with van der Waals surface area (Å²) in [7, 11) is 3.02. The second kappa shape index (κ2) is 6.91. The molecule has 6 heteroatoms. The van der Waals surface area contributed by atoms with Gasteiger partial charge in [0.1, 0.15) is 0 Å². The van der Waals surface area contributed by atoms with Crippen LogP contribution >= 0.6 is 0 Å². The van der Waals surface area contributed by atoms with Crippen molar-refractivity contribution >= 4 is 11.6 Å². The van der Waals surface area contributed by atoms with Gasteiger partial charge in [0.05, 0.1) is 12.0 Å². The minimum Gasteiger partial charge on any atom is -0.490 e. The molecule has 0 heterocycles. The number of rotatable bonds is 5. The standard InChI is InChI=1S/C17H18N2O4/c1-12-4-6-13(7-5-12)11-18(2)17(20)14-8-9-16(23-3)15(10-14)19(21)22/h4-10H,11H2,1-3H3. The maximum Gasteiger partial charge on any atom is 0.311 e. The lowest BCUT2D eigenvalue weighted by molar-refractivity contribution is -0.385. The van der Waals surface area contributed by atoms with E-state index in [1.807, 2.05) is 31.2 Å². The van der Waals surface area contributed by atoms with Gasteiger partial charge in [-0.15, -0.1) is 0 Å². The number of hydrogen-bond acceptors (Lipinski definition) is 4. The zero-order valence-corrected chi connectivity index (χ0v) is 13.3. The van der Waals surface area contributed by atoms with E-state index in [1.165, 1.54) is 30.2 Å². The zero-order valence-electron chi connectivity index (χ0n) is 13.3. The Balaban J connectivity index is 2.20. The third-order valence-corrected chi connectivity index (χ3v) is 3.51. The van der Waals surface area contributed by atoms with Crippen LogP contribution in [0.4, 0.5) is 5.69 Å². The number of nitro benzene ring substituents is 1. The molecule has 0 atom stereocenters. The van der Waals surface area contributed by atoms with Gasteiger partial charge < -0.3 is 9.64 Å². The molecule has 23 heavy (non-hydrogen) atoms. The first-order valence-corrected chi connectivity index (χ1v) is 7.06. The van der Waals surface area contributed by atoms with Crippen molar-refractivity contribution in [3.63, 3.8) is 0 Å². The van der Waals surface area contributed by atoms with Gasteiger partial charge in [0.15, 0.2) is 5.75 Å². The lowest BCUT2D eigenvalue weighted by atomic mass is 10.1. The number of amides is 1. The van der Waals surface area contributed by atoms with Gasteiger partial charge in [-0.3, -0.25) is 14.9 Å². The lowest BCUT2D eigenvalue weighted by Crippen LogP contribution is -2.26. The molecule has 2 aromatic rings. The number of benzene rings is 2. The van der Waals surface area contributed by atoms with Crippen LogP contribution in [0.1, 0.15) is 21.5 Å². The van der Waals surface area contributed by atoms with Crippen molar-refractivity contribution in [1.29, 1.82) is 0 Å². The number of nitrogens with zero attached hydrogens (tertiary/aromatic N) is 2. The maximum absolute atomic E-state index is 12.5. The third kappa shape index (κ3) is 3.85. The highest BCUT2D eigenvalue weighted by Gasteiger charge is 2.20. The number of aryl methyl sites for hydroxylation is 1. The number of carbonyl (C=O) groups excluding carboxylic acids is 1. The first kappa shape index (κ1) is 16.5. The van der Waals surface area contributed by atoms with Crippen LogP contribution in [0.5, 0.6) is 5.75 Å². The normalized spacial score (nSPS) is 10.2. The number of ether oxygens (including phenoxy) is 1. The second-order valence-corrected chi connectivity index (χ2v) is 5.29. The van der Waals surface area contributed by atoms with E-state index >= 15 is 0 Å². The fraction of sp³-hybridized carbons (Fsp3) is 0.235. The molecule has 0 aliphatic rings.